The van der Waals surface area contributed by atoms with Gasteiger partial charge in [0.25, 0.3) is 0 Å². The summed E-state index contributed by atoms with van der Waals surface area (Å²) >= 11 is 0. The zero-order valence-electron chi connectivity index (χ0n) is 10.3. The van der Waals surface area contributed by atoms with Gasteiger partial charge in [0, 0.05) is 19.7 Å². The standard InChI is InChI=1S/C13H22N2O/c1-3-10-4-5-11(8-10)13(16)9-12-6-7-15(2)14-12/h6-7,10-11,13,16H,3-5,8-9H2,1-2H3. The Kier molecular flexibility index (Phi) is 3.64. The Hall–Kier alpha value is -0.830. The number of aromatic nitrogens is 2. The van der Waals surface area contributed by atoms with E-state index >= 15 is 0 Å². The van der Waals surface area contributed by atoms with Crippen molar-refractivity contribution in [3.05, 3.63) is 18.0 Å². The molecule has 0 aliphatic heterocycles. The monoisotopic (exact) mass is 222 g/mol. The van der Waals surface area contributed by atoms with E-state index in [-0.39, 0.29) is 6.10 Å². The van der Waals surface area contributed by atoms with Crippen LogP contribution < -0.4 is 0 Å². The first-order valence-electron chi connectivity index (χ1n) is 6.35. The number of nitrogens with zero attached hydrogens (tertiary/aromatic N) is 2. The predicted octanol–water partition coefficient (Wildman–Crippen LogP) is 2.15. The van der Waals surface area contributed by atoms with E-state index in [4.69, 9.17) is 0 Å². The van der Waals surface area contributed by atoms with Crippen LogP contribution in [0.5, 0.6) is 0 Å². The summed E-state index contributed by atoms with van der Waals surface area (Å²) in [5.74, 6) is 1.33. The van der Waals surface area contributed by atoms with E-state index in [2.05, 4.69) is 12.0 Å². The molecule has 0 aromatic carbocycles. The lowest BCUT2D eigenvalue weighted by Crippen LogP contribution is -2.21. The summed E-state index contributed by atoms with van der Waals surface area (Å²) in [7, 11) is 1.92. The number of aryl methyl sites for hydroxylation is 1. The van der Waals surface area contributed by atoms with Gasteiger partial charge in [-0.25, -0.2) is 0 Å². The molecule has 0 amide bonds. The fourth-order valence-corrected chi connectivity index (χ4v) is 2.79. The Balaban J connectivity index is 1.86. The van der Waals surface area contributed by atoms with Gasteiger partial charge in [-0.3, -0.25) is 4.68 Å². The summed E-state index contributed by atoms with van der Waals surface area (Å²) < 4.78 is 1.80. The molecule has 1 fully saturated rings. The van der Waals surface area contributed by atoms with E-state index in [1.807, 2.05) is 19.3 Å². The second-order valence-electron chi connectivity index (χ2n) is 5.10. The van der Waals surface area contributed by atoms with Gasteiger partial charge in [0.15, 0.2) is 0 Å². The van der Waals surface area contributed by atoms with E-state index in [9.17, 15) is 5.11 Å². The summed E-state index contributed by atoms with van der Waals surface area (Å²) in [5.41, 5.74) is 1.01. The average molecular weight is 222 g/mol. The molecule has 0 saturated heterocycles. The molecule has 1 saturated carbocycles. The summed E-state index contributed by atoms with van der Waals surface area (Å²) in [6, 6.07) is 2.00. The molecule has 1 heterocycles. The van der Waals surface area contributed by atoms with Gasteiger partial charge < -0.3 is 5.11 Å². The average Bonchev–Trinajstić information content (AvgIpc) is 2.87. The van der Waals surface area contributed by atoms with Gasteiger partial charge in [-0.2, -0.15) is 5.10 Å². The number of aliphatic hydroxyl groups is 1. The van der Waals surface area contributed by atoms with Crippen LogP contribution in [0.3, 0.4) is 0 Å². The second-order valence-corrected chi connectivity index (χ2v) is 5.10. The molecule has 3 unspecified atom stereocenters. The largest absolute Gasteiger partial charge is 0.392 e. The maximum atomic E-state index is 10.2. The Bertz CT molecular complexity index is 334. The van der Waals surface area contributed by atoms with Gasteiger partial charge in [-0.1, -0.05) is 19.8 Å². The van der Waals surface area contributed by atoms with Crippen molar-refractivity contribution in [3.8, 4) is 0 Å². The van der Waals surface area contributed by atoms with Crippen LogP contribution in [0.1, 0.15) is 38.3 Å². The molecular weight excluding hydrogens is 200 g/mol. The van der Waals surface area contributed by atoms with Crippen molar-refractivity contribution in [2.45, 2.75) is 45.1 Å². The minimum atomic E-state index is -0.202. The van der Waals surface area contributed by atoms with Crippen molar-refractivity contribution in [2.24, 2.45) is 18.9 Å². The van der Waals surface area contributed by atoms with Crippen molar-refractivity contribution in [1.29, 1.82) is 0 Å². The SMILES string of the molecule is CCC1CCC(C(O)Cc2ccn(C)n2)C1. The lowest BCUT2D eigenvalue weighted by molar-refractivity contribution is 0.107. The molecule has 0 bridgehead atoms. The van der Waals surface area contributed by atoms with Crippen molar-refractivity contribution in [3.63, 3.8) is 0 Å². The third-order valence-electron chi connectivity index (χ3n) is 3.89. The fraction of sp³-hybridized carbons (Fsp3) is 0.769. The number of rotatable bonds is 4. The highest BCUT2D eigenvalue weighted by atomic mass is 16.3. The van der Waals surface area contributed by atoms with E-state index in [0.29, 0.717) is 12.3 Å². The van der Waals surface area contributed by atoms with Crippen LogP contribution in [0.2, 0.25) is 0 Å². The zero-order chi connectivity index (χ0) is 11.5. The first-order valence-corrected chi connectivity index (χ1v) is 6.35. The molecule has 1 N–H and O–H groups in total. The lowest BCUT2D eigenvalue weighted by Gasteiger charge is -2.17. The van der Waals surface area contributed by atoms with Crippen molar-refractivity contribution in [1.82, 2.24) is 9.78 Å². The minimum absolute atomic E-state index is 0.202. The second kappa shape index (κ2) is 5.00. The molecule has 3 atom stereocenters. The van der Waals surface area contributed by atoms with Crippen LogP contribution in [-0.4, -0.2) is 21.0 Å². The summed E-state index contributed by atoms with van der Waals surface area (Å²) in [6.07, 6.45) is 7.38. The number of hydrogen-bond donors (Lipinski definition) is 1. The molecule has 3 nitrogen and oxygen atoms in total. The topological polar surface area (TPSA) is 38.0 Å². The summed E-state index contributed by atoms with van der Waals surface area (Å²) in [4.78, 5) is 0. The van der Waals surface area contributed by atoms with Crippen LogP contribution in [0.15, 0.2) is 12.3 Å². The Morgan fingerprint density at radius 2 is 2.38 bits per heavy atom. The third-order valence-corrected chi connectivity index (χ3v) is 3.89. The van der Waals surface area contributed by atoms with Crippen LogP contribution in [0.4, 0.5) is 0 Å². The quantitative estimate of drug-likeness (QED) is 0.847. The first-order chi connectivity index (χ1) is 7.69. The highest BCUT2D eigenvalue weighted by molar-refractivity contribution is 5.01. The van der Waals surface area contributed by atoms with Crippen molar-refractivity contribution >= 4 is 0 Å². The maximum Gasteiger partial charge on any atom is 0.0650 e. The van der Waals surface area contributed by atoms with Gasteiger partial charge in [-0.05, 0) is 30.7 Å². The molecule has 1 aliphatic rings. The van der Waals surface area contributed by atoms with Gasteiger partial charge in [0.05, 0.1) is 11.8 Å². The summed E-state index contributed by atoms with van der Waals surface area (Å²) in [6.45, 7) is 2.25. The molecule has 3 heteroatoms. The molecule has 16 heavy (non-hydrogen) atoms. The van der Waals surface area contributed by atoms with Gasteiger partial charge in [0.2, 0.25) is 0 Å². The molecule has 2 rings (SSSR count). The smallest absolute Gasteiger partial charge is 0.0650 e. The van der Waals surface area contributed by atoms with E-state index < -0.39 is 0 Å². The van der Waals surface area contributed by atoms with Crippen LogP contribution in [0.25, 0.3) is 0 Å². The van der Waals surface area contributed by atoms with Crippen LogP contribution in [0, 0.1) is 11.8 Å². The highest BCUT2D eigenvalue weighted by Gasteiger charge is 2.29. The number of aliphatic hydroxyl groups excluding tert-OH is 1. The Labute approximate surface area is 97.5 Å². The zero-order valence-corrected chi connectivity index (χ0v) is 10.3. The molecule has 1 aliphatic carbocycles. The minimum Gasteiger partial charge on any atom is -0.392 e. The summed E-state index contributed by atoms with van der Waals surface area (Å²) in [5, 5.41) is 14.5. The van der Waals surface area contributed by atoms with Crippen molar-refractivity contribution in [2.75, 3.05) is 0 Å². The van der Waals surface area contributed by atoms with Crippen molar-refractivity contribution < 1.29 is 5.11 Å². The highest BCUT2D eigenvalue weighted by Crippen LogP contribution is 2.35. The number of hydrogen-bond acceptors (Lipinski definition) is 2. The molecule has 0 radical (unpaired) electrons. The van der Waals surface area contributed by atoms with E-state index in [1.165, 1.54) is 25.7 Å². The first kappa shape index (κ1) is 11.6. The van der Waals surface area contributed by atoms with Crippen LogP contribution in [-0.2, 0) is 13.5 Å². The predicted molar refractivity (Wildman–Crippen MR) is 64.0 cm³/mol. The van der Waals surface area contributed by atoms with Gasteiger partial charge in [0.1, 0.15) is 0 Å². The third kappa shape index (κ3) is 2.64. The normalized spacial score (nSPS) is 27.2. The Morgan fingerprint density at radius 3 is 2.94 bits per heavy atom. The molecule has 1 aromatic heterocycles. The maximum absolute atomic E-state index is 10.2. The van der Waals surface area contributed by atoms with Crippen LogP contribution >= 0.6 is 0 Å². The Morgan fingerprint density at radius 1 is 1.56 bits per heavy atom. The van der Waals surface area contributed by atoms with Gasteiger partial charge in [-0.15, -0.1) is 0 Å². The van der Waals surface area contributed by atoms with Gasteiger partial charge >= 0.3 is 0 Å². The lowest BCUT2D eigenvalue weighted by atomic mass is 9.95. The van der Waals surface area contributed by atoms with E-state index in [0.717, 1.165) is 11.6 Å². The molecule has 0 spiro atoms. The molecule has 1 aromatic rings. The fourth-order valence-electron chi connectivity index (χ4n) is 2.79. The molecule has 90 valence electrons. The molecular formula is C13H22N2O. The van der Waals surface area contributed by atoms with E-state index in [1.54, 1.807) is 4.68 Å².